The summed E-state index contributed by atoms with van der Waals surface area (Å²) in [7, 11) is 0. The number of nitrogens with zero attached hydrogens (tertiary/aromatic N) is 4. The Morgan fingerprint density at radius 3 is 1.97 bits per heavy atom. The molecule has 0 aliphatic heterocycles. The van der Waals surface area contributed by atoms with Crippen LogP contribution < -0.4 is 5.73 Å². The zero-order valence-electron chi connectivity index (χ0n) is 15.8. The van der Waals surface area contributed by atoms with E-state index >= 15 is 0 Å². The monoisotopic (exact) mass is 423 g/mol. The third-order valence-electron chi connectivity index (χ3n) is 4.42. The van der Waals surface area contributed by atoms with Crippen LogP contribution in [-0.4, -0.2) is 25.5 Å². The number of non-ortho nitro benzene ring substituents is 2. The van der Waals surface area contributed by atoms with Gasteiger partial charge in [-0.25, -0.2) is 4.98 Å². The minimum absolute atomic E-state index is 0.0597. The first-order valence-electron chi connectivity index (χ1n) is 8.58. The van der Waals surface area contributed by atoms with E-state index in [9.17, 15) is 35.1 Å². The summed E-state index contributed by atoms with van der Waals surface area (Å²) in [6.45, 7) is 1.98. The number of pyridine rings is 1. The van der Waals surface area contributed by atoms with Crippen molar-refractivity contribution in [3.63, 3.8) is 0 Å². The fourth-order valence-electron chi connectivity index (χ4n) is 3.00. The van der Waals surface area contributed by atoms with Crippen LogP contribution in [0.3, 0.4) is 0 Å². The zero-order valence-corrected chi connectivity index (χ0v) is 15.8. The molecule has 2 aromatic carbocycles. The molecule has 0 atom stereocenters. The second kappa shape index (κ2) is 7.94. The van der Waals surface area contributed by atoms with E-state index in [0.717, 1.165) is 29.8 Å². The molecule has 12 nitrogen and oxygen atoms in total. The lowest BCUT2D eigenvalue weighted by molar-refractivity contribution is -0.393. The summed E-state index contributed by atoms with van der Waals surface area (Å²) in [5.74, 6) is -0.138. The van der Waals surface area contributed by atoms with Crippen molar-refractivity contribution in [2.45, 2.75) is 6.92 Å². The molecule has 0 fully saturated rings. The molecule has 0 bridgehead atoms. The maximum atomic E-state index is 12.3. The van der Waals surface area contributed by atoms with Gasteiger partial charge >= 0.3 is 0 Å². The van der Waals surface area contributed by atoms with Gasteiger partial charge in [0, 0.05) is 41.1 Å². The first kappa shape index (κ1) is 21.0. The van der Waals surface area contributed by atoms with Crippen LogP contribution >= 0.6 is 0 Å². The molecule has 12 heteroatoms. The highest BCUT2D eigenvalue weighted by Gasteiger charge is 2.36. The van der Waals surface area contributed by atoms with Crippen molar-refractivity contribution in [2.75, 3.05) is 5.73 Å². The van der Waals surface area contributed by atoms with Gasteiger partial charge in [-0.05, 0) is 24.6 Å². The molecular formula is C19H13N5O7. The van der Waals surface area contributed by atoms with Crippen molar-refractivity contribution < 1.29 is 19.6 Å². The smallest absolute Gasteiger partial charge is 0.284 e. The first-order valence-corrected chi connectivity index (χ1v) is 8.58. The van der Waals surface area contributed by atoms with Gasteiger partial charge in [-0.2, -0.15) is 0 Å². The SMILES string of the molecule is Cc1ccc(N)nc1.O=C1c2cc([N+](=O)[O-])ccc2-c2c1cc([N+](=O)[O-])cc2[N+](=O)[O-]. The number of anilines is 1. The molecule has 1 heterocycles. The Bertz CT molecular complexity index is 1230. The normalized spacial score (nSPS) is 11.1. The molecule has 2 N–H and O–H groups in total. The Labute approximate surface area is 173 Å². The highest BCUT2D eigenvalue weighted by molar-refractivity contribution is 6.23. The van der Waals surface area contributed by atoms with Gasteiger partial charge in [0.2, 0.25) is 0 Å². The molecule has 1 aliphatic rings. The predicted octanol–water partition coefficient (Wildman–Crippen LogP) is 3.59. The number of carbonyl (C=O) groups excluding carboxylic acids is 1. The summed E-state index contributed by atoms with van der Waals surface area (Å²) in [4.78, 5) is 46.7. The van der Waals surface area contributed by atoms with Gasteiger partial charge in [0.25, 0.3) is 17.1 Å². The largest absolute Gasteiger partial charge is 0.384 e. The van der Waals surface area contributed by atoms with E-state index in [4.69, 9.17) is 5.73 Å². The summed E-state index contributed by atoms with van der Waals surface area (Å²) in [6.07, 6.45) is 1.75. The molecule has 3 aromatic rings. The fraction of sp³-hybridized carbons (Fsp3) is 0.0526. The van der Waals surface area contributed by atoms with Crippen molar-refractivity contribution in [2.24, 2.45) is 0 Å². The van der Waals surface area contributed by atoms with Crippen LogP contribution in [0.4, 0.5) is 22.9 Å². The average Bonchev–Trinajstić information content (AvgIpc) is 3.01. The van der Waals surface area contributed by atoms with Gasteiger partial charge < -0.3 is 5.73 Å². The Morgan fingerprint density at radius 1 is 0.806 bits per heavy atom. The number of aromatic nitrogens is 1. The van der Waals surface area contributed by atoms with E-state index in [1.165, 1.54) is 6.07 Å². The third-order valence-corrected chi connectivity index (χ3v) is 4.42. The predicted molar refractivity (Wildman–Crippen MR) is 109 cm³/mol. The Balaban J connectivity index is 0.000000287. The van der Waals surface area contributed by atoms with Crippen molar-refractivity contribution >= 4 is 28.7 Å². The second-order valence-corrected chi connectivity index (χ2v) is 6.48. The quantitative estimate of drug-likeness (QED) is 0.379. The highest BCUT2D eigenvalue weighted by atomic mass is 16.6. The summed E-state index contributed by atoms with van der Waals surface area (Å²) >= 11 is 0. The molecule has 31 heavy (non-hydrogen) atoms. The summed E-state index contributed by atoms with van der Waals surface area (Å²) in [6, 6.07) is 8.78. The lowest BCUT2D eigenvalue weighted by Crippen LogP contribution is -2.00. The molecule has 0 saturated heterocycles. The van der Waals surface area contributed by atoms with Gasteiger partial charge in [-0.3, -0.25) is 35.1 Å². The lowest BCUT2D eigenvalue weighted by Gasteiger charge is -2.02. The average molecular weight is 423 g/mol. The molecule has 1 aromatic heterocycles. The maximum absolute atomic E-state index is 12.3. The minimum atomic E-state index is -0.841. The number of rotatable bonds is 3. The number of hydrogen-bond acceptors (Lipinski definition) is 9. The van der Waals surface area contributed by atoms with Crippen molar-refractivity contribution in [3.8, 4) is 11.1 Å². The number of carbonyl (C=O) groups is 1. The van der Waals surface area contributed by atoms with E-state index in [1.54, 1.807) is 12.3 Å². The van der Waals surface area contributed by atoms with Crippen LogP contribution in [-0.2, 0) is 0 Å². The molecule has 0 amide bonds. The number of nitro benzene ring substituents is 3. The second-order valence-electron chi connectivity index (χ2n) is 6.48. The van der Waals surface area contributed by atoms with E-state index in [0.29, 0.717) is 5.82 Å². The number of nitro groups is 3. The van der Waals surface area contributed by atoms with Crippen LogP contribution in [0.15, 0.2) is 48.7 Å². The maximum Gasteiger partial charge on any atom is 0.284 e. The zero-order chi connectivity index (χ0) is 22.9. The van der Waals surface area contributed by atoms with Crippen LogP contribution in [0.2, 0.25) is 0 Å². The molecule has 0 unspecified atom stereocenters. The minimum Gasteiger partial charge on any atom is -0.384 e. The highest BCUT2D eigenvalue weighted by Crippen LogP contribution is 2.45. The number of hydrogen-bond donors (Lipinski definition) is 1. The summed E-state index contributed by atoms with van der Waals surface area (Å²) in [5.41, 5.74) is 4.73. The Hall–Kier alpha value is -4.74. The van der Waals surface area contributed by atoms with Gasteiger partial charge in [0.15, 0.2) is 5.78 Å². The van der Waals surface area contributed by atoms with Crippen LogP contribution in [0.5, 0.6) is 0 Å². The number of nitrogen functional groups attached to an aromatic ring is 1. The molecule has 4 rings (SSSR count). The van der Waals surface area contributed by atoms with Gasteiger partial charge in [0.1, 0.15) is 5.82 Å². The third kappa shape index (κ3) is 4.03. The molecule has 0 radical (unpaired) electrons. The van der Waals surface area contributed by atoms with E-state index in [1.807, 2.05) is 13.0 Å². The fourth-order valence-corrected chi connectivity index (χ4v) is 3.00. The van der Waals surface area contributed by atoms with Gasteiger partial charge in [-0.1, -0.05) is 6.07 Å². The van der Waals surface area contributed by atoms with E-state index in [2.05, 4.69) is 4.98 Å². The van der Waals surface area contributed by atoms with Gasteiger partial charge in [-0.15, -0.1) is 0 Å². The Kier molecular flexibility index (Phi) is 5.38. The molecule has 0 spiro atoms. The number of ketones is 1. The standard InChI is InChI=1S/C13H5N3O7.C6H8N2/c17-13-9-3-6(14(18)19)1-2-8(9)12-10(13)4-7(15(20)21)5-11(12)16(22)23;1-5-2-3-6(7)8-4-5/h1-5H;2-4H,1H3,(H2,7,8). The topological polar surface area (TPSA) is 185 Å². The number of fused-ring (bicyclic) bond motifs is 3. The number of benzene rings is 2. The van der Waals surface area contributed by atoms with Crippen LogP contribution in [0.25, 0.3) is 11.1 Å². The van der Waals surface area contributed by atoms with Gasteiger partial charge in [0.05, 0.1) is 26.4 Å². The lowest BCUT2D eigenvalue weighted by atomic mass is 10.0. The van der Waals surface area contributed by atoms with E-state index < -0.39 is 31.9 Å². The Morgan fingerprint density at radius 2 is 1.45 bits per heavy atom. The van der Waals surface area contributed by atoms with Crippen molar-refractivity contribution in [1.29, 1.82) is 0 Å². The number of nitrogens with two attached hydrogens (primary N) is 1. The first-order chi connectivity index (χ1) is 14.6. The molecule has 0 saturated carbocycles. The van der Waals surface area contributed by atoms with Crippen LogP contribution in [0, 0.1) is 37.3 Å². The van der Waals surface area contributed by atoms with Crippen molar-refractivity contribution in [3.05, 3.63) is 95.7 Å². The summed E-state index contributed by atoms with van der Waals surface area (Å²) < 4.78 is 0. The number of aryl methyl sites for hydroxylation is 1. The molecular weight excluding hydrogens is 410 g/mol. The summed E-state index contributed by atoms with van der Waals surface area (Å²) in [5, 5.41) is 32.9. The van der Waals surface area contributed by atoms with E-state index in [-0.39, 0.29) is 27.9 Å². The van der Waals surface area contributed by atoms with Crippen molar-refractivity contribution in [1.82, 2.24) is 4.98 Å². The molecule has 156 valence electrons. The molecule has 1 aliphatic carbocycles. The van der Waals surface area contributed by atoms with Crippen LogP contribution in [0.1, 0.15) is 21.5 Å².